The molecule has 0 saturated heterocycles. The molecule has 0 aliphatic heterocycles. The van der Waals surface area contributed by atoms with Gasteiger partial charge < -0.3 is 14.9 Å². The van der Waals surface area contributed by atoms with E-state index in [1.807, 2.05) is 18.2 Å². The predicted octanol–water partition coefficient (Wildman–Crippen LogP) is 2.90. The molecule has 0 saturated carbocycles. The van der Waals surface area contributed by atoms with Gasteiger partial charge in [0.15, 0.2) is 0 Å². The molecule has 0 bridgehead atoms. The number of aliphatic hydroxyl groups is 2. The summed E-state index contributed by atoms with van der Waals surface area (Å²) in [5.41, 5.74) is 1.22. The van der Waals surface area contributed by atoms with E-state index in [2.05, 4.69) is 12.1 Å². The van der Waals surface area contributed by atoms with Crippen LogP contribution in [0.1, 0.15) is 44.1 Å². The van der Waals surface area contributed by atoms with Crippen LogP contribution < -0.4 is 0 Å². The van der Waals surface area contributed by atoms with Crippen LogP contribution >= 0.6 is 0 Å². The van der Waals surface area contributed by atoms with E-state index in [-0.39, 0.29) is 6.61 Å². The number of aliphatic hydroxyl groups excluding tert-OH is 2. The smallest absolute Gasteiger partial charge is 0.0770 e. The Hall–Kier alpha value is -0.900. The molecule has 3 heteroatoms. The Balaban J connectivity index is 1.84. The molecule has 0 amide bonds. The van der Waals surface area contributed by atoms with Gasteiger partial charge in [-0.15, -0.1) is 0 Å². The van der Waals surface area contributed by atoms with Crippen molar-refractivity contribution >= 4 is 0 Å². The fourth-order valence-electron chi connectivity index (χ4n) is 1.97. The molecule has 0 unspecified atom stereocenters. The zero-order valence-corrected chi connectivity index (χ0v) is 11.6. The Kier molecular flexibility index (Phi) is 9.33. The average Bonchev–Trinajstić information content (AvgIpc) is 2.46. The second-order valence-corrected chi connectivity index (χ2v) is 4.93. The molecular formula is C16H26O3. The van der Waals surface area contributed by atoms with Crippen LogP contribution in [0.3, 0.4) is 0 Å². The van der Waals surface area contributed by atoms with Crippen LogP contribution in [-0.2, 0) is 11.3 Å². The Morgan fingerprint density at radius 2 is 1.63 bits per heavy atom. The van der Waals surface area contributed by atoms with Crippen molar-refractivity contribution in [2.24, 2.45) is 0 Å². The summed E-state index contributed by atoms with van der Waals surface area (Å²) in [6.45, 7) is 1.39. The number of hydrogen-bond donors (Lipinski definition) is 2. The van der Waals surface area contributed by atoms with Crippen LogP contribution in [0.4, 0.5) is 0 Å². The Morgan fingerprint density at radius 1 is 0.947 bits per heavy atom. The van der Waals surface area contributed by atoms with E-state index in [4.69, 9.17) is 14.9 Å². The zero-order valence-electron chi connectivity index (χ0n) is 11.6. The molecular weight excluding hydrogens is 240 g/mol. The topological polar surface area (TPSA) is 49.7 Å². The van der Waals surface area contributed by atoms with Crippen molar-refractivity contribution in [3.05, 3.63) is 35.9 Å². The summed E-state index contributed by atoms with van der Waals surface area (Å²) >= 11 is 0. The van der Waals surface area contributed by atoms with Crippen molar-refractivity contribution in [1.82, 2.24) is 0 Å². The van der Waals surface area contributed by atoms with Crippen LogP contribution in [-0.4, -0.2) is 29.5 Å². The first-order chi connectivity index (χ1) is 9.33. The molecule has 108 valence electrons. The number of benzene rings is 1. The van der Waals surface area contributed by atoms with E-state index >= 15 is 0 Å². The van der Waals surface area contributed by atoms with Gasteiger partial charge in [0.1, 0.15) is 0 Å². The average molecular weight is 266 g/mol. The van der Waals surface area contributed by atoms with Crippen LogP contribution in [0.2, 0.25) is 0 Å². The van der Waals surface area contributed by atoms with Crippen molar-refractivity contribution in [1.29, 1.82) is 0 Å². The van der Waals surface area contributed by atoms with Gasteiger partial charge in [-0.2, -0.15) is 0 Å². The minimum atomic E-state index is -0.533. The molecule has 0 aromatic heterocycles. The minimum Gasteiger partial charge on any atom is -0.394 e. The molecule has 0 aliphatic rings. The van der Waals surface area contributed by atoms with E-state index in [9.17, 15) is 0 Å². The van der Waals surface area contributed by atoms with Crippen LogP contribution in [0.15, 0.2) is 30.3 Å². The SMILES string of the molecule is OC[C@H](O)CCCCCCCOCc1ccccc1. The van der Waals surface area contributed by atoms with Crippen molar-refractivity contribution in [3.8, 4) is 0 Å². The maximum absolute atomic E-state index is 9.17. The van der Waals surface area contributed by atoms with Gasteiger partial charge >= 0.3 is 0 Å². The molecule has 0 aliphatic carbocycles. The summed E-state index contributed by atoms with van der Waals surface area (Å²) in [5.74, 6) is 0. The second-order valence-electron chi connectivity index (χ2n) is 4.93. The lowest BCUT2D eigenvalue weighted by Gasteiger charge is -2.06. The van der Waals surface area contributed by atoms with Crippen molar-refractivity contribution < 1.29 is 14.9 Å². The van der Waals surface area contributed by atoms with Crippen LogP contribution in [0.5, 0.6) is 0 Å². The first-order valence-electron chi connectivity index (χ1n) is 7.23. The number of rotatable bonds is 11. The van der Waals surface area contributed by atoms with Gasteiger partial charge in [0.2, 0.25) is 0 Å². The first kappa shape index (κ1) is 16.2. The molecule has 1 rings (SSSR count). The van der Waals surface area contributed by atoms with Gasteiger partial charge in [-0.3, -0.25) is 0 Å². The lowest BCUT2D eigenvalue weighted by Crippen LogP contribution is -2.10. The van der Waals surface area contributed by atoms with Gasteiger partial charge in [-0.25, -0.2) is 0 Å². The molecule has 3 nitrogen and oxygen atoms in total. The van der Waals surface area contributed by atoms with Gasteiger partial charge in [0, 0.05) is 6.61 Å². The predicted molar refractivity (Wildman–Crippen MR) is 76.9 cm³/mol. The fourth-order valence-corrected chi connectivity index (χ4v) is 1.97. The Morgan fingerprint density at radius 3 is 2.37 bits per heavy atom. The highest BCUT2D eigenvalue weighted by atomic mass is 16.5. The van der Waals surface area contributed by atoms with E-state index in [1.54, 1.807) is 0 Å². The quantitative estimate of drug-likeness (QED) is 0.605. The van der Waals surface area contributed by atoms with Gasteiger partial charge in [-0.1, -0.05) is 56.0 Å². The zero-order chi connectivity index (χ0) is 13.8. The van der Waals surface area contributed by atoms with Crippen molar-refractivity contribution in [3.63, 3.8) is 0 Å². The lowest BCUT2D eigenvalue weighted by atomic mass is 10.1. The van der Waals surface area contributed by atoms with E-state index < -0.39 is 6.10 Å². The molecule has 1 atom stereocenters. The maximum Gasteiger partial charge on any atom is 0.0770 e. The lowest BCUT2D eigenvalue weighted by molar-refractivity contribution is 0.0857. The number of ether oxygens (including phenoxy) is 1. The fraction of sp³-hybridized carbons (Fsp3) is 0.625. The van der Waals surface area contributed by atoms with Gasteiger partial charge in [-0.05, 0) is 18.4 Å². The summed E-state index contributed by atoms with van der Waals surface area (Å²) < 4.78 is 5.61. The molecule has 0 spiro atoms. The third kappa shape index (κ3) is 8.76. The highest BCUT2D eigenvalue weighted by Gasteiger charge is 2.00. The third-order valence-electron chi connectivity index (χ3n) is 3.15. The summed E-state index contributed by atoms with van der Waals surface area (Å²) in [5, 5.41) is 17.8. The van der Waals surface area contributed by atoms with Gasteiger partial charge in [0.25, 0.3) is 0 Å². The molecule has 2 N–H and O–H groups in total. The largest absolute Gasteiger partial charge is 0.394 e. The Labute approximate surface area is 116 Å². The summed E-state index contributed by atoms with van der Waals surface area (Å²) in [6.07, 6.45) is 5.73. The molecule has 0 radical (unpaired) electrons. The van der Waals surface area contributed by atoms with E-state index in [1.165, 1.54) is 18.4 Å². The molecule has 1 aromatic carbocycles. The van der Waals surface area contributed by atoms with Crippen molar-refractivity contribution in [2.75, 3.05) is 13.2 Å². The van der Waals surface area contributed by atoms with Crippen LogP contribution in [0, 0.1) is 0 Å². The van der Waals surface area contributed by atoms with Crippen molar-refractivity contribution in [2.45, 2.75) is 51.2 Å². The monoisotopic (exact) mass is 266 g/mol. The molecule has 0 heterocycles. The minimum absolute atomic E-state index is 0.118. The third-order valence-corrected chi connectivity index (χ3v) is 3.15. The molecule has 19 heavy (non-hydrogen) atoms. The Bertz CT molecular complexity index is 300. The summed E-state index contributed by atoms with van der Waals surface area (Å²) in [4.78, 5) is 0. The number of unbranched alkanes of at least 4 members (excludes halogenated alkanes) is 4. The maximum atomic E-state index is 9.17. The summed E-state index contributed by atoms with van der Waals surface area (Å²) in [6, 6.07) is 10.2. The summed E-state index contributed by atoms with van der Waals surface area (Å²) in [7, 11) is 0. The van der Waals surface area contributed by atoms with Crippen LogP contribution in [0.25, 0.3) is 0 Å². The van der Waals surface area contributed by atoms with Gasteiger partial charge in [0.05, 0.1) is 19.3 Å². The highest BCUT2D eigenvalue weighted by molar-refractivity contribution is 5.13. The molecule has 0 fully saturated rings. The highest BCUT2D eigenvalue weighted by Crippen LogP contribution is 2.08. The van der Waals surface area contributed by atoms with E-state index in [0.717, 1.165) is 25.9 Å². The number of hydrogen-bond acceptors (Lipinski definition) is 3. The van der Waals surface area contributed by atoms with E-state index in [0.29, 0.717) is 13.0 Å². The normalized spacial score (nSPS) is 12.5. The molecule has 1 aromatic rings. The first-order valence-corrected chi connectivity index (χ1v) is 7.23. The second kappa shape index (κ2) is 11.0. The standard InChI is InChI=1S/C16H26O3/c17-13-16(18)11-7-2-1-3-8-12-19-14-15-9-5-4-6-10-15/h4-6,9-10,16-18H,1-3,7-8,11-14H2/t16-/m1/s1.